The topological polar surface area (TPSA) is 84.9 Å². The summed E-state index contributed by atoms with van der Waals surface area (Å²) >= 11 is 0. The number of ether oxygens (including phenoxy) is 2. The largest absolute Gasteiger partial charge is 0.495 e. The molecule has 2 aromatic carbocycles. The Balaban J connectivity index is 1.88. The van der Waals surface area contributed by atoms with Crippen LogP contribution in [0.4, 0.5) is 5.69 Å². The fourth-order valence-electron chi connectivity index (χ4n) is 2.15. The van der Waals surface area contributed by atoms with Crippen LogP contribution in [0.1, 0.15) is 5.56 Å². The molecule has 1 amide bonds. The Bertz CT molecular complexity index is 850. The highest BCUT2D eigenvalue weighted by molar-refractivity contribution is 7.88. The highest BCUT2D eigenvalue weighted by Crippen LogP contribution is 2.23. The van der Waals surface area contributed by atoms with Crippen LogP contribution in [0.2, 0.25) is 0 Å². The number of sulfonamides is 1. The molecule has 0 saturated heterocycles. The summed E-state index contributed by atoms with van der Waals surface area (Å²) in [6.07, 6.45) is 1.16. The lowest BCUT2D eigenvalue weighted by atomic mass is 10.2. The van der Waals surface area contributed by atoms with Crippen LogP contribution in [-0.4, -0.2) is 45.7 Å². The first kappa shape index (κ1) is 19.7. The fourth-order valence-corrected chi connectivity index (χ4v) is 2.53. The van der Waals surface area contributed by atoms with Gasteiger partial charge in [-0.1, -0.05) is 24.3 Å². The van der Waals surface area contributed by atoms with Crippen LogP contribution in [0.15, 0.2) is 48.5 Å². The monoisotopic (exact) mass is 378 g/mol. The van der Waals surface area contributed by atoms with Crippen molar-refractivity contribution in [1.82, 2.24) is 4.31 Å². The van der Waals surface area contributed by atoms with Crippen LogP contribution in [0.5, 0.6) is 11.5 Å². The number of hydrogen-bond donors (Lipinski definition) is 1. The third kappa shape index (κ3) is 5.75. The molecule has 0 saturated carbocycles. The first-order valence-corrected chi connectivity index (χ1v) is 9.70. The first-order valence-electron chi connectivity index (χ1n) is 7.85. The van der Waals surface area contributed by atoms with Gasteiger partial charge < -0.3 is 14.8 Å². The summed E-state index contributed by atoms with van der Waals surface area (Å²) < 4.78 is 34.7. The maximum absolute atomic E-state index is 12.0. The van der Waals surface area contributed by atoms with Crippen LogP contribution in [0, 0.1) is 0 Å². The predicted octanol–water partition coefficient (Wildman–Crippen LogP) is 2.10. The number of benzene rings is 2. The maximum Gasteiger partial charge on any atom is 0.262 e. The molecule has 140 valence electrons. The molecule has 0 bridgehead atoms. The standard InChI is InChI=1S/C18H22N2O5S/c1-20(26(3,22)23)12-14-8-10-15(11-9-14)25-13-18(21)19-16-6-4-5-7-17(16)24-2/h4-11H,12-13H2,1-3H3,(H,19,21). The van der Waals surface area contributed by atoms with Crippen LogP contribution < -0.4 is 14.8 Å². The van der Waals surface area contributed by atoms with Crippen molar-refractivity contribution in [2.75, 3.05) is 32.3 Å². The second-order valence-corrected chi connectivity index (χ2v) is 7.79. The minimum atomic E-state index is -3.23. The Hall–Kier alpha value is -2.58. The van der Waals surface area contributed by atoms with Gasteiger partial charge in [-0.05, 0) is 29.8 Å². The summed E-state index contributed by atoms with van der Waals surface area (Å²) in [6.45, 7) is 0.119. The molecule has 0 aliphatic carbocycles. The quantitative estimate of drug-likeness (QED) is 0.760. The molecule has 1 N–H and O–H groups in total. The lowest BCUT2D eigenvalue weighted by molar-refractivity contribution is -0.118. The molecule has 2 rings (SSSR count). The summed E-state index contributed by atoms with van der Waals surface area (Å²) in [5.74, 6) is 0.779. The highest BCUT2D eigenvalue weighted by atomic mass is 32.2. The molecule has 8 heteroatoms. The smallest absolute Gasteiger partial charge is 0.262 e. The van der Waals surface area contributed by atoms with Gasteiger partial charge in [-0.3, -0.25) is 4.79 Å². The molecule has 0 aliphatic rings. The second-order valence-electron chi connectivity index (χ2n) is 5.70. The van der Waals surface area contributed by atoms with Crippen LogP contribution >= 0.6 is 0 Å². The molecule has 0 atom stereocenters. The number of amides is 1. The van der Waals surface area contributed by atoms with Crippen molar-refractivity contribution in [2.45, 2.75) is 6.54 Å². The van der Waals surface area contributed by atoms with Crippen molar-refractivity contribution in [3.63, 3.8) is 0 Å². The van der Waals surface area contributed by atoms with Gasteiger partial charge in [-0.15, -0.1) is 0 Å². The Labute approximate surface area is 153 Å². The van der Waals surface area contributed by atoms with Gasteiger partial charge in [-0.2, -0.15) is 0 Å². The van der Waals surface area contributed by atoms with Gasteiger partial charge in [-0.25, -0.2) is 12.7 Å². The number of para-hydroxylation sites is 2. The molecule has 7 nitrogen and oxygen atoms in total. The molecular weight excluding hydrogens is 356 g/mol. The summed E-state index contributed by atoms with van der Waals surface area (Å²) in [5, 5.41) is 2.72. The third-order valence-electron chi connectivity index (χ3n) is 3.65. The Kier molecular flexibility index (Phi) is 6.59. The van der Waals surface area contributed by atoms with E-state index in [-0.39, 0.29) is 19.1 Å². The molecule has 2 aromatic rings. The van der Waals surface area contributed by atoms with Crippen molar-refractivity contribution >= 4 is 21.6 Å². The average Bonchev–Trinajstić information content (AvgIpc) is 2.61. The van der Waals surface area contributed by atoms with Gasteiger partial charge in [0.05, 0.1) is 19.1 Å². The number of rotatable bonds is 8. The Morgan fingerprint density at radius 3 is 2.38 bits per heavy atom. The van der Waals surface area contributed by atoms with E-state index in [9.17, 15) is 13.2 Å². The van der Waals surface area contributed by atoms with E-state index in [0.29, 0.717) is 17.2 Å². The van der Waals surface area contributed by atoms with Crippen molar-refractivity contribution in [1.29, 1.82) is 0 Å². The van der Waals surface area contributed by atoms with Crippen molar-refractivity contribution < 1.29 is 22.7 Å². The normalized spacial score (nSPS) is 11.2. The van der Waals surface area contributed by atoms with Crippen LogP contribution in [-0.2, 0) is 21.4 Å². The zero-order valence-corrected chi connectivity index (χ0v) is 15.7. The molecule has 0 fully saturated rings. The summed E-state index contributed by atoms with van der Waals surface area (Å²) in [7, 11) is -0.181. The molecular formula is C18H22N2O5S. The van der Waals surface area contributed by atoms with Gasteiger partial charge in [0.15, 0.2) is 6.61 Å². The van der Waals surface area contributed by atoms with E-state index < -0.39 is 10.0 Å². The molecule has 0 aliphatic heterocycles. The number of nitrogens with one attached hydrogen (secondary N) is 1. The minimum Gasteiger partial charge on any atom is -0.495 e. The molecule has 0 unspecified atom stereocenters. The molecule has 0 spiro atoms. The Morgan fingerprint density at radius 1 is 1.12 bits per heavy atom. The number of carbonyl (C=O) groups is 1. The van der Waals surface area contributed by atoms with E-state index in [1.165, 1.54) is 18.5 Å². The van der Waals surface area contributed by atoms with Gasteiger partial charge in [0.1, 0.15) is 11.5 Å². The Morgan fingerprint density at radius 2 is 1.77 bits per heavy atom. The highest BCUT2D eigenvalue weighted by Gasteiger charge is 2.11. The number of hydrogen-bond acceptors (Lipinski definition) is 5. The van der Waals surface area contributed by atoms with Gasteiger partial charge >= 0.3 is 0 Å². The predicted molar refractivity (Wildman–Crippen MR) is 99.9 cm³/mol. The van der Waals surface area contributed by atoms with Crippen molar-refractivity contribution in [3.8, 4) is 11.5 Å². The number of methoxy groups -OCH3 is 1. The first-order chi connectivity index (χ1) is 12.3. The van der Waals surface area contributed by atoms with E-state index in [1.807, 2.05) is 6.07 Å². The third-order valence-corrected chi connectivity index (χ3v) is 4.91. The van der Waals surface area contributed by atoms with Crippen LogP contribution in [0.3, 0.4) is 0 Å². The van der Waals surface area contributed by atoms with E-state index in [2.05, 4.69) is 5.32 Å². The molecule has 0 aromatic heterocycles. The summed E-state index contributed by atoms with van der Waals surface area (Å²) in [4.78, 5) is 12.0. The van der Waals surface area contributed by atoms with E-state index in [4.69, 9.17) is 9.47 Å². The molecule has 26 heavy (non-hydrogen) atoms. The summed E-state index contributed by atoms with van der Waals surface area (Å²) in [6, 6.07) is 14.0. The minimum absolute atomic E-state index is 0.152. The maximum atomic E-state index is 12.0. The molecule has 0 radical (unpaired) electrons. The van der Waals surface area contributed by atoms with E-state index in [0.717, 1.165) is 11.8 Å². The SMILES string of the molecule is COc1ccccc1NC(=O)COc1ccc(CN(C)S(C)(=O)=O)cc1. The fraction of sp³-hybridized carbons (Fsp3) is 0.278. The lowest BCUT2D eigenvalue weighted by Gasteiger charge is -2.14. The number of nitrogens with zero attached hydrogens (tertiary/aromatic N) is 1. The average molecular weight is 378 g/mol. The zero-order valence-electron chi connectivity index (χ0n) is 14.9. The van der Waals surface area contributed by atoms with Gasteiger partial charge in [0.2, 0.25) is 10.0 Å². The zero-order chi connectivity index (χ0) is 19.2. The van der Waals surface area contributed by atoms with Crippen LogP contribution in [0.25, 0.3) is 0 Å². The lowest BCUT2D eigenvalue weighted by Crippen LogP contribution is -2.24. The van der Waals surface area contributed by atoms with Crippen molar-refractivity contribution in [2.24, 2.45) is 0 Å². The second kappa shape index (κ2) is 8.68. The van der Waals surface area contributed by atoms with Crippen molar-refractivity contribution in [3.05, 3.63) is 54.1 Å². The molecule has 0 heterocycles. The van der Waals surface area contributed by atoms with E-state index in [1.54, 1.807) is 42.5 Å². The van der Waals surface area contributed by atoms with E-state index >= 15 is 0 Å². The van der Waals surface area contributed by atoms with Gasteiger partial charge in [0.25, 0.3) is 5.91 Å². The number of anilines is 1. The van der Waals surface area contributed by atoms with Gasteiger partial charge in [0, 0.05) is 13.6 Å². The number of carbonyl (C=O) groups excluding carboxylic acids is 1. The summed E-state index contributed by atoms with van der Waals surface area (Å²) in [5.41, 5.74) is 1.39.